The fourth-order valence-electron chi connectivity index (χ4n) is 6.85. The molecule has 0 radical (unpaired) electrons. The van der Waals surface area contributed by atoms with Gasteiger partial charge in [-0.3, -0.25) is 47.9 Å². The predicted octanol–water partition coefficient (Wildman–Crippen LogP) is -0.889. The first-order valence-corrected chi connectivity index (χ1v) is 20.4. The first-order chi connectivity index (χ1) is 29.9. The number of amides is 1. The van der Waals surface area contributed by atoms with Crippen molar-refractivity contribution in [1.29, 1.82) is 0 Å². The van der Waals surface area contributed by atoms with Gasteiger partial charge in [0.1, 0.15) is 56.4 Å². The van der Waals surface area contributed by atoms with Gasteiger partial charge in [-0.05, 0) is 0 Å². The number of carbonyl (C=O) groups excluding carboxylic acids is 10. The van der Waals surface area contributed by atoms with E-state index in [4.69, 9.17) is 66.3 Å². The van der Waals surface area contributed by atoms with Crippen LogP contribution in [0.5, 0.6) is 0 Å². The highest BCUT2D eigenvalue weighted by atomic mass is 79.9. The van der Waals surface area contributed by atoms with E-state index in [1.807, 2.05) is 0 Å². The molecule has 3 fully saturated rings. The molecule has 0 aromatic heterocycles. The van der Waals surface area contributed by atoms with Gasteiger partial charge in [-0.2, -0.15) is 0 Å². The molecule has 64 heavy (non-hydrogen) atoms. The van der Waals surface area contributed by atoms with Gasteiger partial charge >= 0.3 is 53.7 Å². The lowest BCUT2D eigenvalue weighted by molar-refractivity contribution is -0.357. The van der Waals surface area contributed by atoms with Crippen LogP contribution in [0.2, 0.25) is 0 Å². The van der Waals surface area contributed by atoms with E-state index in [0.717, 1.165) is 69.2 Å². The Labute approximate surface area is 374 Å². The molecule has 15 atom stereocenters. The van der Waals surface area contributed by atoms with Gasteiger partial charge in [0.25, 0.3) is 0 Å². The van der Waals surface area contributed by atoms with Gasteiger partial charge in [0.2, 0.25) is 5.91 Å². The third kappa shape index (κ3) is 15.9. The van der Waals surface area contributed by atoms with E-state index >= 15 is 0 Å². The van der Waals surface area contributed by atoms with E-state index in [1.54, 1.807) is 0 Å². The molecule has 1 N–H and O–H groups in total. The van der Waals surface area contributed by atoms with Crippen molar-refractivity contribution >= 4 is 75.6 Å². The molecule has 3 heterocycles. The molecule has 0 unspecified atom stereocenters. The average molecular weight is 987 g/mol. The van der Waals surface area contributed by atoms with Gasteiger partial charge in [0.05, 0.1) is 0 Å². The zero-order chi connectivity index (χ0) is 48.2. The van der Waals surface area contributed by atoms with E-state index in [-0.39, 0.29) is 0 Å². The summed E-state index contributed by atoms with van der Waals surface area (Å²) in [6.45, 7) is 8.44. The number of alkyl halides is 1. The van der Waals surface area contributed by atoms with Crippen molar-refractivity contribution in [3.63, 3.8) is 0 Å². The van der Waals surface area contributed by atoms with Crippen molar-refractivity contribution in [2.24, 2.45) is 0 Å². The van der Waals surface area contributed by atoms with Crippen molar-refractivity contribution in [3.05, 3.63) is 0 Å². The molecule has 360 valence electrons. The number of hydrogen-bond acceptors (Lipinski definition) is 24. The zero-order valence-electron chi connectivity index (χ0n) is 36.5. The van der Waals surface area contributed by atoms with Crippen LogP contribution in [0.4, 0.5) is 0 Å². The van der Waals surface area contributed by atoms with E-state index in [2.05, 4.69) is 21.2 Å². The molecule has 1 amide bonds. The molecular formula is C38H52BrNO24. The summed E-state index contributed by atoms with van der Waals surface area (Å²) in [5.41, 5.74) is 0. The molecule has 0 aromatic rings. The minimum atomic E-state index is -1.97. The van der Waals surface area contributed by atoms with Crippen LogP contribution in [0.1, 0.15) is 69.2 Å². The van der Waals surface area contributed by atoms with Crippen LogP contribution in [0.15, 0.2) is 0 Å². The second-order valence-corrected chi connectivity index (χ2v) is 15.3. The van der Waals surface area contributed by atoms with Gasteiger partial charge in [0.15, 0.2) is 54.2 Å². The summed E-state index contributed by atoms with van der Waals surface area (Å²) in [7, 11) is 0. The first kappa shape index (κ1) is 53.3. The molecule has 3 aliphatic rings. The lowest BCUT2D eigenvalue weighted by Crippen LogP contribution is -2.71. The third-order valence-corrected chi connectivity index (χ3v) is 9.67. The monoisotopic (exact) mass is 985 g/mol. The van der Waals surface area contributed by atoms with Gasteiger partial charge in [-0.15, -0.1) is 0 Å². The van der Waals surface area contributed by atoms with Gasteiger partial charge < -0.3 is 71.6 Å². The number of hydrogen-bond donors (Lipinski definition) is 1. The first-order valence-electron chi connectivity index (χ1n) is 19.5. The average Bonchev–Trinajstić information content (AvgIpc) is 3.15. The molecule has 0 saturated carbocycles. The van der Waals surface area contributed by atoms with E-state index < -0.39 is 170 Å². The maximum absolute atomic E-state index is 13.1. The highest BCUT2D eigenvalue weighted by Gasteiger charge is 2.59. The van der Waals surface area contributed by atoms with E-state index in [0.29, 0.717) is 0 Å². The van der Waals surface area contributed by atoms with Crippen molar-refractivity contribution in [2.75, 3.05) is 19.8 Å². The Bertz CT molecular complexity index is 1740. The Kier molecular flexibility index (Phi) is 20.3. The molecule has 3 rings (SSSR count). The minimum Gasteiger partial charge on any atom is -0.463 e. The Morgan fingerprint density at radius 3 is 1.12 bits per heavy atom. The van der Waals surface area contributed by atoms with Crippen LogP contribution in [0.3, 0.4) is 0 Å². The SMILES string of the molecule is CC(=O)N[C@H]1[C@@H](O[C@H]2[C@H](OC(C)=O)[C@H](Br)O[C@@H](COC(C)=O)[C@H]2OC(C)=O)O[C@H](COC(C)=O)[C@@H](OC(C)=O)[C@H]1O[C@@H]1O[C@H](COC(C)=O)[C@@H](OC(C)=O)[C@H](OC(C)=O)[C@H]1OC(C)=O. The third-order valence-electron chi connectivity index (χ3n) is 8.93. The number of rotatable bonds is 17. The molecule has 0 spiro atoms. The molecule has 25 nitrogen and oxygen atoms in total. The largest absolute Gasteiger partial charge is 0.463 e. The van der Waals surface area contributed by atoms with Gasteiger partial charge in [0, 0.05) is 69.2 Å². The fourth-order valence-corrected chi connectivity index (χ4v) is 7.54. The summed E-state index contributed by atoms with van der Waals surface area (Å²) in [4.78, 5) is 125. The number of halogens is 1. The van der Waals surface area contributed by atoms with Gasteiger partial charge in [-0.1, -0.05) is 15.9 Å². The summed E-state index contributed by atoms with van der Waals surface area (Å²) in [5.74, 6) is -8.86. The van der Waals surface area contributed by atoms with Crippen molar-refractivity contribution in [3.8, 4) is 0 Å². The standard InChI is InChI=1S/C38H52BrNO24/c1-14(41)40-27-31(63-38-35(59-23(10)50)33(57-21(8)48)30(56-20(7)47)26(62-38)13-53-17(4)44)28(54-18(5)45)25(12-52-16(3)43)61-37(27)64-32-29(55-19(6)46)24(11-51-15(2)42)60-36(39)34(32)58-22(9)49/h24-38H,11-13H2,1-10H3,(H,40,41)/t24-,25+,26+,27+,28+,29+,30+,31-,32+,33-,34-,35+,36+,37+,38-/m0/s1. The van der Waals surface area contributed by atoms with Crippen LogP contribution >= 0.6 is 15.9 Å². The smallest absolute Gasteiger partial charge is 0.303 e. The van der Waals surface area contributed by atoms with Crippen molar-refractivity contribution < 1.29 is 114 Å². The van der Waals surface area contributed by atoms with E-state index in [9.17, 15) is 47.9 Å². The van der Waals surface area contributed by atoms with Crippen LogP contribution < -0.4 is 5.32 Å². The van der Waals surface area contributed by atoms with Crippen LogP contribution in [0.25, 0.3) is 0 Å². The Morgan fingerprint density at radius 1 is 0.391 bits per heavy atom. The highest BCUT2D eigenvalue weighted by molar-refractivity contribution is 9.09. The molecule has 0 bridgehead atoms. The Balaban J connectivity index is 2.33. The second kappa shape index (κ2) is 24.3. The van der Waals surface area contributed by atoms with Crippen LogP contribution in [-0.2, 0) is 114 Å². The maximum atomic E-state index is 13.1. The summed E-state index contributed by atoms with van der Waals surface area (Å²) >= 11 is 3.28. The maximum Gasteiger partial charge on any atom is 0.303 e. The van der Waals surface area contributed by atoms with Gasteiger partial charge in [-0.25, -0.2) is 0 Å². The molecule has 0 aromatic carbocycles. The minimum absolute atomic E-state index is 0.527. The number of ether oxygens (including phenoxy) is 14. The fraction of sp³-hybridized carbons (Fsp3) is 0.737. The number of carbonyl (C=O) groups is 10. The number of nitrogens with one attached hydrogen (secondary N) is 1. The molecule has 0 aliphatic carbocycles. The lowest BCUT2D eigenvalue weighted by atomic mass is 9.94. The zero-order valence-corrected chi connectivity index (χ0v) is 38.0. The molecule has 3 aliphatic heterocycles. The Morgan fingerprint density at radius 2 is 0.719 bits per heavy atom. The van der Waals surface area contributed by atoms with Crippen molar-refractivity contribution in [1.82, 2.24) is 5.32 Å². The quantitative estimate of drug-likeness (QED) is 0.105. The van der Waals surface area contributed by atoms with Crippen molar-refractivity contribution in [2.45, 2.75) is 160 Å². The topological polar surface area (TPSA) is 312 Å². The van der Waals surface area contributed by atoms with Crippen LogP contribution in [0, 0.1) is 0 Å². The highest BCUT2D eigenvalue weighted by Crippen LogP contribution is 2.38. The van der Waals surface area contributed by atoms with E-state index in [1.165, 1.54) is 0 Å². The summed E-state index contributed by atoms with van der Waals surface area (Å²) in [6, 6.07) is -1.71. The predicted molar refractivity (Wildman–Crippen MR) is 205 cm³/mol. The number of esters is 9. The molecule has 3 saturated heterocycles. The molecule has 26 heteroatoms. The summed E-state index contributed by atoms with van der Waals surface area (Å²) in [6.07, 6.45) is -21.8. The Hall–Kier alpha value is -5.02. The summed E-state index contributed by atoms with van der Waals surface area (Å²) in [5, 5.41) is 1.32. The molecular weight excluding hydrogens is 934 g/mol. The second-order valence-electron chi connectivity index (χ2n) is 14.4. The van der Waals surface area contributed by atoms with Crippen LogP contribution in [-0.4, -0.2) is 170 Å². The summed E-state index contributed by atoms with van der Waals surface area (Å²) < 4.78 is 80.2. The lowest BCUT2D eigenvalue weighted by Gasteiger charge is -2.51. The normalized spacial score (nSPS) is 32.3.